The van der Waals surface area contributed by atoms with Gasteiger partial charge in [0.15, 0.2) is 5.78 Å². The lowest BCUT2D eigenvalue weighted by atomic mass is 9.95. The van der Waals surface area contributed by atoms with Crippen LogP contribution in [0.3, 0.4) is 0 Å². The lowest BCUT2D eigenvalue weighted by Crippen LogP contribution is -2.35. The number of nitrogens with zero attached hydrogens (tertiary/aromatic N) is 1. The summed E-state index contributed by atoms with van der Waals surface area (Å²) in [6, 6.07) is 8.21. The summed E-state index contributed by atoms with van der Waals surface area (Å²) in [5, 5.41) is 0.153. The van der Waals surface area contributed by atoms with Gasteiger partial charge < -0.3 is 4.90 Å². The second-order valence-electron chi connectivity index (χ2n) is 8.30. The number of halogens is 8. The van der Waals surface area contributed by atoms with E-state index in [9.17, 15) is 35.9 Å². The molecule has 2 aromatic carbocycles. The summed E-state index contributed by atoms with van der Waals surface area (Å²) in [6.07, 6.45) is -7.06. The van der Waals surface area contributed by atoms with Crippen molar-refractivity contribution in [3.8, 4) is 0 Å². The minimum Gasteiger partial charge on any atom is -0.337 e. The quantitative estimate of drug-likeness (QED) is 0.233. The first-order valence-electron chi connectivity index (χ1n) is 10.7. The zero-order valence-corrected chi connectivity index (χ0v) is 20.8. The Labute approximate surface area is 214 Å². The van der Waals surface area contributed by atoms with E-state index in [1.165, 1.54) is 36.4 Å². The minimum absolute atomic E-state index is 0.0622. The van der Waals surface area contributed by atoms with Crippen LogP contribution in [0.5, 0.6) is 0 Å². The van der Waals surface area contributed by atoms with Gasteiger partial charge in [-0.1, -0.05) is 53.6 Å². The van der Waals surface area contributed by atoms with Crippen LogP contribution in [-0.2, 0) is 4.79 Å². The molecule has 36 heavy (non-hydrogen) atoms. The second kappa shape index (κ2) is 12.1. The third-order valence-corrected chi connectivity index (χ3v) is 5.70. The molecule has 2 rings (SSSR count). The highest BCUT2D eigenvalue weighted by Gasteiger charge is 2.39. The summed E-state index contributed by atoms with van der Waals surface area (Å²) in [4.78, 5) is 24.9. The van der Waals surface area contributed by atoms with E-state index in [2.05, 4.69) is 0 Å². The number of allylic oxidation sites excluding steroid dienone is 1. The van der Waals surface area contributed by atoms with E-state index in [1.54, 1.807) is 13.0 Å². The van der Waals surface area contributed by atoms with Crippen molar-refractivity contribution in [2.24, 2.45) is 0 Å². The molecule has 0 aromatic heterocycles. The van der Waals surface area contributed by atoms with Crippen molar-refractivity contribution in [1.29, 1.82) is 0 Å². The Morgan fingerprint density at radius 1 is 0.972 bits per heavy atom. The number of hydrogen-bond donors (Lipinski definition) is 0. The number of alkyl halides is 6. The maximum Gasteiger partial charge on any atom is 0.406 e. The fraction of sp³-hybridized carbons (Fsp3) is 0.360. The molecule has 0 aliphatic heterocycles. The highest BCUT2D eigenvalue weighted by molar-refractivity contribution is 6.34. The highest BCUT2D eigenvalue weighted by Crippen LogP contribution is 2.38. The number of ketones is 1. The van der Waals surface area contributed by atoms with Crippen LogP contribution in [0.1, 0.15) is 52.2 Å². The summed E-state index contributed by atoms with van der Waals surface area (Å²) in [7, 11) is 1.04. The number of Topliss-reactive ketones (excluding diaryl/α,β-unsaturated/α-hetero) is 1. The molecule has 0 N–H and O–H groups in total. The molecule has 0 radical (unpaired) electrons. The number of hydrogen-bond acceptors (Lipinski definition) is 2. The average Bonchev–Trinajstić information content (AvgIpc) is 2.70. The molecule has 2 aromatic rings. The highest BCUT2D eigenvalue weighted by atomic mass is 35.5. The van der Waals surface area contributed by atoms with Crippen LogP contribution in [0.4, 0.5) is 26.3 Å². The van der Waals surface area contributed by atoms with Gasteiger partial charge in [0, 0.05) is 35.5 Å². The van der Waals surface area contributed by atoms with Gasteiger partial charge in [-0.05, 0) is 48.2 Å². The molecule has 11 heteroatoms. The topological polar surface area (TPSA) is 37.4 Å². The first-order chi connectivity index (χ1) is 16.6. The van der Waals surface area contributed by atoms with Crippen LogP contribution < -0.4 is 0 Å². The number of carbonyl (C=O) groups excluding carboxylic acids is 2. The van der Waals surface area contributed by atoms with Gasteiger partial charge in [-0.25, -0.2) is 0 Å². The third-order valence-electron chi connectivity index (χ3n) is 5.27. The van der Waals surface area contributed by atoms with E-state index in [1.807, 2.05) is 0 Å². The first kappa shape index (κ1) is 29.7. The molecule has 1 unspecified atom stereocenters. The Hall–Kier alpha value is -2.52. The summed E-state index contributed by atoms with van der Waals surface area (Å²) in [5.74, 6) is -3.00. The predicted molar refractivity (Wildman–Crippen MR) is 127 cm³/mol. The van der Waals surface area contributed by atoms with E-state index in [4.69, 9.17) is 23.2 Å². The van der Waals surface area contributed by atoms with Crippen molar-refractivity contribution >= 4 is 41.0 Å². The predicted octanol–water partition coefficient (Wildman–Crippen LogP) is 8.03. The lowest BCUT2D eigenvalue weighted by molar-refractivity contribution is -0.158. The number of amides is 1. The molecule has 0 aliphatic carbocycles. The van der Waals surface area contributed by atoms with Crippen LogP contribution in [-0.4, -0.2) is 42.5 Å². The average molecular weight is 554 g/mol. The van der Waals surface area contributed by atoms with Crippen molar-refractivity contribution in [3.63, 3.8) is 0 Å². The van der Waals surface area contributed by atoms with Gasteiger partial charge >= 0.3 is 12.4 Å². The molecule has 0 heterocycles. The van der Waals surface area contributed by atoms with Crippen molar-refractivity contribution in [3.05, 3.63) is 74.8 Å². The molecule has 0 saturated heterocycles. The van der Waals surface area contributed by atoms with Gasteiger partial charge in [-0.15, -0.1) is 0 Å². The van der Waals surface area contributed by atoms with Gasteiger partial charge in [-0.2, -0.15) is 26.3 Å². The smallest absolute Gasteiger partial charge is 0.337 e. The molecule has 0 saturated carbocycles. The largest absolute Gasteiger partial charge is 0.406 e. The van der Waals surface area contributed by atoms with E-state index < -0.39 is 30.7 Å². The third kappa shape index (κ3) is 9.17. The molecule has 1 amide bonds. The van der Waals surface area contributed by atoms with Crippen molar-refractivity contribution in [2.45, 2.75) is 44.5 Å². The van der Waals surface area contributed by atoms with Gasteiger partial charge in [-0.3, -0.25) is 9.59 Å². The SMILES string of the molecule is Cc1cc(/C=C/C(c2cc(Cl)cc(Cl)c2)C(F)(F)F)ccc1C(=O)CCCC(=O)N(C)CC(F)(F)F. The Bertz CT molecular complexity index is 1110. The summed E-state index contributed by atoms with van der Waals surface area (Å²) >= 11 is 11.7. The van der Waals surface area contributed by atoms with Gasteiger partial charge in [0.1, 0.15) is 6.54 Å². The zero-order valence-electron chi connectivity index (χ0n) is 19.3. The Morgan fingerprint density at radius 3 is 2.11 bits per heavy atom. The van der Waals surface area contributed by atoms with Crippen LogP contribution in [0, 0.1) is 6.92 Å². The second-order valence-corrected chi connectivity index (χ2v) is 9.17. The summed E-state index contributed by atoms with van der Waals surface area (Å²) in [6.45, 7) is 0.248. The fourth-order valence-electron chi connectivity index (χ4n) is 3.56. The number of benzene rings is 2. The maximum absolute atomic E-state index is 13.7. The van der Waals surface area contributed by atoms with Gasteiger partial charge in [0.2, 0.25) is 5.91 Å². The monoisotopic (exact) mass is 553 g/mol. The molecule has 196 valence electrons. The van der Waals surface area contributed by atoms with Crippen molar-refractivity contribution < 1.29 is 35.9 Å². The number of aryl methyl sites for hydroxylation is 1. The molecule has 1 atom stereocenters. The first-order valence-corrected chi connectivity index (χ1v) is 11.5. The Balaban J connectivity index is 2.07. The van der Waals surface area contributed by atoms with Gasteiger partial charge in [0.25, 0.3) is 0 Å². The number of carbonyl (C=O) groups is 2. The molecule has 0 spiro atoms. The van der Waals surface area contributed by atoms with Crippen LogP contribution in [0.15, 0.2) is 42.5 Å². The van der Waals surface area contributed by atoms with E-state index in [0.717, 1.165) is 13.1 Å². The van der Waals surface area contributed by atoms with Gasteiger partial charge in [0.05, 0.1) is 5.92 Å². The van der Waals surface area contributed by atoms with E-state index >= 15 is 0 Å². The van der Waals surface area contributed by atoms with Crippen molar-refractivity contribution in [1.82, 2.24) is 4.90 Å². The summed E-state index contributed by atoms with van der Waals surface area (Å²) < 4.78 is 78.1. The fourth-order valence-corrected chi connectivity index (χ4v) is 4.10. The number of rotatable bonds is 9. The minimum atomic E-state index is -4.60. The standard InChI is InChI=1S/C25H23Cl2F6NO2/c1-15-10-16(7-9-21(25(31,32)33)17-11-18(26)13-19(27)12-17)6-8-20(15)22(35)4-3-5-23(36)34(2)14-24(28,29)30/h6-13,21H,3-5,14H2,1-2H3/b9-7+. The molecule has 3 nitrogen and oxygen atoms in total. The molecule has 0 fully saturated rings. The van der Waals surface area contributed by atoms with E-state index in [0.29, 0.717) is 21.6 Å². The molecule has 0 bridgehead atoms. The van der Waals surface area contributed by atoms with Crippen LogP contribution in [0.25, 0.3) is 6.08 Å². The Morgan fingerprint density at radius 2 is 1.58 bits per heavy atom. The molecular weight excluding hydrogens is 531 g/mol. The van der Waals surface area contributed by atoms with Crippen molar-refractivity contribution in [2.75, 3.05) is 13.6 Å². The lowest BCUT2D eigenvalue weighted by Gasteiger charge is -2.18. The normalized spacial score (nSPS) is 13.2. The maximum atomic E-state index is 13.7. The molecule has 0 aliphatic rings. The van der Waals surface area contributed by atoms with Crippen LogP contribution >= 0.6 is 23.2 Å². The van der Waals surface area contributed by atoms with Crippen LogP contribution in [0.2, 0.25) is 10.0 Å². The molecular formula is C25H23Cl2F6NO2. The zero-order chi connectivity index (χ0) is 27.3. The summed E-state index contributed by atoms with van der Waals surface area (Å²) in [5.41, 5.74) is 1.14. The van der Waals surface area contributed by atoms with E-state index in [-0.39, 0.29) is 40.7 Å². The Kier molecular flexibility index (Phi) is 10.0.